The van der Waals surface area contributed by atoms with Crippen molar-refractivity contribution >= 4 is 39.8 Å². The Bertz CT molecular complexity index is 947. The number of nitrogens with zero attached hydrogens (tertiary/aromatic N) is 2. The summed E-state index contributed by atoms with van der Waals surface area (Å²) in [7, 11) is 0. The maximum atomic E-state index is 12.1. The quantitative estimate of drug-likeness (QED) is 0.556. The van der Waals surface area contributed by atoms with Crippen LogP contribution in [0.3, 0.4) is 0 Å². The highest BCUT2D eigenvalue weighted by Crippen LogP contribution is 2.23. The van der Waals surface area contributed by atoms with Crippen molar-refractivity contribution in [2.24, 2.45) is 0 Å². The fraction of sp³-hybridized carbons (Fsp3) is 0.211. The molecule has 0 aliphatic carbocycles. The van der Waals surface area contributed by atoms with Gasteiger partial charge in [0, 0.05) is 10.7 Å². The molecule has 2 N–H and O–H groups in total. The van der Waals surface area contributed by atoms with E-state index in [9.17, 15) is 4.79 Å². The van der Waals surface area contributed by atoms with E-state index in [0.29, 0.717) is 33.2 Å². The number of nitrogens with one attached hydrogen (secondary N) is 2. The van der Waals surface area contributed by atoms with E-state index in [1.54, 1.807) is 36.4 Å². The number of benzene rings is 2. The van der Waals surface area contributed by atoms with Crippen molar-refractivity contribution in [1.29, 1.82) is 0 Å². The van der Waals surface area contributed by atoms with Gasteiger partial charge in [-0.1, -0.05) is 22.9 Å². The molecule has 3 aromatic rings. The summed E-state index contributed by atoms with van der Waals surface area (Å²) in [5.74, 6) is 1.44. The number of halogens is 1. The molecular weight excluding hydrogens is 400 g/mol. The number of aryl methyl sites for hydroxylation is 1. The molecule has 0 aliphatic rings. The topological polar surface area (TPSA) is 85.4 Å². The summed E-state index contributed by atoms with van der Waals surface area (Å²) in [4.78, 5) is 12.1. The van der Waals surface area contributed by atoms with Crippen LogP contribution in [0.25, 0.3) is 0 Å². The lowest BCUT2D eigenvalue weighted by Gasteiger charge is -2.07. The van der Waals surface area contributed by atoms with Gasteiger partial charge >= 0.3 is 6.03 Å². The molecule has 3 rings (SSSR count). The average molecular weight is 419 g/mol. The first-order valence-corrected chi connectivity index (χ1v) is 9.75. The maximum Gasteiger partial charge on any atom is 0.325 e. The van der Waals surface area contributed by atoms with Gasteiger partial charge in [0.25, 0.3) is 0 Å². The Labute approximate surface area is 171 Å². The number of carbonyl (C=O) groups excluding carboxylic acids is 1. The molecule has 0 saturated heterocycles. The number of carbonyl (C=O) groups is 1. The zero-order valence-corrected chi connectivity index (χ0v) is 16.9. The molecule has 0 saturated carbocycles. The minimum atomic E-state index is -0.402. The molecular formula is C19H19ClN4O3S. The van der Waals surface area contributed by atoms with Crippen LogP contribution in [0.1, 0.15) is 17.5 Å². The third kappa shape index (κ3) is 5.58. The molecule has 0 spiro atoms. The van der Waals surface area contributed by atoms with E-state index in [1.807, 2.05) is 19.9 Å². The van der Waals surface area contributed by atoms with Crippen molar-refractivity contribution < 1.29 is 14.3 Å². The van der Waals surface area contributed by atoms with Crippen molar-refractivity contribution in [1.82, 2.24) is 10.2 Å². The largest absolute Gasteiger partial charge is 0.494 e. The second-order valence-corrected chi connectivity index (χ2v) is 7.21. The monoisotopic (exact) mass is 418 g/mol. The van der Waals surface area contributed by atoms with Crippen LogP contribution in [-0.2, 0) is 6.61 Å². The van der Waals surface area contributed by atoms with Crippen molar-refractivity contribution in [2.75, 3.05) is 17.2 Å². The SMILES string of the molecule is CCOc1ccc(NC(=O)Nc2nnc(COc3ccc(Cl)c(C)c3)s2)cc1. The summed E-state index contributed by atoms with van der Waals surface area (Å²) in [6, 6.07) is 12.1. The molecule has 146 valence electrons. The average Bonchev–Trinajstić information content (AvgIpc) is 3.12. The zero-order valence-electron chi connectivity index (χ0n) is 15.4. The Morgan fingerprint density at radius 3 is 2.54 bits per heavy atom. The van der Waals surface area contributed by atoms with Crippen LogP contribution in [0.4, 0.5) is 15.6 Å². The third-order valence-electron chi connectivity index (χ3n) is 3.60. The predicted molar refractivity (Wildman–Crippen MR) is 111 cm³/mol. The van der Waals surface area contributed by atoms with Gasteiger partial charge in [-0.05, 0) is 61.9 Å². The minimum absolute atomic E-state index is 0.251. The van der Waals surface area contributed by atoms with E-state index in [2.05, 4.69) is 20.8 Å². The first kappa shape index (κ1) is 19.9. The van der Waals surface area contributed by atoms with E-state index in [0.717, 1.165) is 11.3 Å². The normalized spacial score (nSPS) is 10.4. The third-order valence-corrected chi connectivity index (χ3v) is 4.84. The molecule has 7 nitrogen and oxygen atoms in total. The number of anilines is 2. The van der Waals surface area contributed by atoms with Gasteiger partial charge in [0.2, 0.25) is 5.13 Å². The zero-order chi connectivity index (χ0) is 19.9. The summed E-state index contributed by atoms with van der Waals surface area (Å²) in [6.45, 7) is 4.66. The highest BCUT2D eigenvalue weighted by atomic mass is 35.5. The molecule has 9 heteroatoms. The number of hydrogen-bond donors (Lipinski definition) is 2. The molecule has 0 radical (unpaired) electrons. The van der Waals surface area contributed by atoms with Crippen LogP contribution >= 0.6 is 22.9 Å². The molecule has 1 heterocycles. The number of rotatable bonds is 7. The smallest absolute Gasteiger partial charge is 0.325 e. The fourth-order valence-corrected chi connectivity index (χ4v) is 3.04. The van der Waals surface area contributed by atoms with Crippen molar-refractivity contribution in [3.63, 3.8) is 0 Å². The molecule has 2 amide bonds. The summed E-state index contributed by atoms with van der Waals surface area (Å²) in [5.41, 5.74) is 1.58. The molecule has 0 bridgehead atoms. The van der Waals surface area contributed by atoms with E-state index >= 15 is 0 Å². The Morgan fingerprint density at radius 2 is 1.82 bits per heavy atom. The number of aromatic nitrogens is 2. The summed E-state index contributed by atoms with van der Waals surface area (Å²) in [5, 5.41) is 15.1. The molecule has 2 aromatic carbocycles. The van der Waals surface area contributed by atoms with Gasteiger partial charge in [-0.2, -0.15) is 0 Å². The van der Waals surface area contributed by atoms with Crippen molar-refractivity contribution in [3.8, 4) is 11.5 Å². The highest BCUT2D eigenvalue weighted by molar-refractivity contribution is 7.15. The molecule has 0 aliphatic heterocycles. The van der Waals surface area contributed by atoms with Gasteiger partial charge in [-0.15, -0.1) is 10.2 Å². The van der Waals surface area contributed by atoms with Gasteiger partial charge in [-0.25, -0.2) is 4.79 Å². The van der Waals surface area contributed by atoms with Crippen LogP contribution in [0, 0.1) is 6.92 Å². The molecule has 0 atom stereocenters. The van der Waals surface area contributed by atoms with E-state index in [4.69, 9.17) is 21.1 Å². The van der Waals surface area contributed by atoms with Crippen LogP contribution < -0.4 is 20.1 Å². The fourth-order valence-electron chi connectivity index (χ4n) is 2.28. The second-order valence-electron chi connectivity index (χ2n) is 5.74. The summed E-state index contributed by atoms with van der Waals surface area (Å²) < 4.78 is 11.1. The van der Waals surface area contributed by atoms with Gasteiger partial charge in [0.15, 0.2) is 5.01 Å². The number of amides is 2. The Balaban J connectivity index is 1.50. The van der Waals surface area contributed by atoms with Gasteiger partial charge in [0.1, 0.15) is 18.1 Å². The van der Waals surface area contributed by atoms with Crippen LogP contribution in [0.15, 0.2) is 42.5 Å². The molecule has 28 heavy (non-hydrogen) atoms. The van der Waals surface area contributed by atoms with Crippen molar-refractivity contribution in [3.05, 3.63) is 58.1 Å². The molecule has 0 fully saturated rings. The van der Waals surface area contributed by atoms with Crippen LogP contribution in [0.2, 0.25) is 5.02 Å². The lowest BCUT2D eigenvalue weighted by Crippen LogP contribution is -2.19. The lowest BCUT2D eigenvalue weighted by atomic mass is 10.2. The summed E-state index contributed by atoms with van der Waals surface area (Å²) >= 11 is 7.24. The van der Waals surface area contributed by atoms with Gasteiger partial charge in [-0.3, -0.25) is 5.32 Å². The first-order chi connectivity index (χ1) is 13.5. The predicted octanol–water partition coefficient (Wildman–Crippen LogP) is 5.12. The maximum absolute atomic E-state index is 12.1. The van der Waals surface area contributed by atoms with Crippen molar-refractivity contribution in [2.45, 2.75) is 20.5 Å². The van der Waals surface area contributed by atoms with Gasteiger partial charge < -0.3 is 14.8 Å². The molecule has 0 unspecified atom stereocenters. The molecule has 1 aromatic heterocycles. The Kier molecular flexibility index (Phi) is 6.67. The second kappa shape index (κ2) is 9.38. The van der Waals surface area contributed by atoms with Crippen LogP contribution in [-0.4, -0.2) is 22.8 Å². The van der Waals surface area contributed by atoms with E-state index in [-0.39, 0.29) is 6.61 Å². The Morgan fingerprint density at radius 1 is 1.07 bits per heavy atom. The van der Waals surface area contributed by atoms with Crippen LogP contribution in [0.5, 0.6) is 11.5 Å². The standard InChI is InChI=1S/C19H19ClN4O3S/c1-3-26-14-6-4-13(5-7-14)21-18(25)22-19-24-23-17(28-19)11-27-15-8-9-16(20)12(2)10-15/h4-10H,3,11H2,1-2H3,(H2,21,22,24,25). The number of ether oxygens (including phenoxy) is 2. The van der Waals surface area contributed by atoms with Gasteiger partial charge in [0.05, 0.1) is 6.61 Å². The number of hydrogen-bond acceptors (Lipinski definition) is 6. The minimum Gasteiger partial charge on any atom is -0.494 e. The Hall–Kier alpha value is -2.84. The number of urea groups is 1. The highest BCUT2D eigenvalue weighted by Gasteiger charge is 2.09. The summed E-state index contributed by atoms with van der Waals surface area (Å²) in [6.07, 6.45) is 0. The van der Waals surface area contributed by atoms with E-state index in [1.165, 1.54) is 11.3 Å². The van der Waals surface area contributed by atoms with E-state index < -0.39 is 6.03 Å². The lowest BCUT2D eigenvalue weighted by molar-refractivity contribution is 0.262. The first-order valence-electron chi connectivity index (χ1n) is 8.55.